The summed E-state index contributed by atoms with van der Waals surface area (Å²) in [5.74, 6) is -0.269. The number of nitrogens with zero attached hydrogens (tertiary/aromatic N) is 2. The highest BCUT2D eigenvalue weighted by Crippen LogP contribution is 1.98. The minimum absolute atomic E-state index is 0.213. The molecule has 0 aliphatic rings. The zero-order valence-electron chi connectivity index (χ0n) is 6.83. The summed E-state index contributed by atoms with van der Waals surface area (Å²) >= 11 is 4.88. The van der Waals surface area contributed by atoms with Gasteiger partial charge in [0, 0.05) is 6.54 Å². The summed E-state index contributed by atoms with van der Waals surface area (Å²) in [7, 11) is 1.31. The summed E-state index contributed by atoms with van der Waals surface area (Å²) in [6.45, 7) is 2.47. The fourth-order valence-corrected chi connectivity index (χ4v) is 1.12. The van der Waals surface area contributed by atoms with Crippen molar-refractivity contribution in [3.8, 4) is 0 Å². The first-order valence-electron chi connectivity index (χ1n) is 3.44. The number of esters is 1. The number of aromatic nitrogens is 3. The lowest BCUT2D eigenvalue weighted by atomic mass is 10.6. The van der Waals surface area contributed by atoms with E-state index in [1.165, 1.54) is 7.11 Å². The third-order valence-corrected chi connectivity index (χ3v) is 1.75. The van der Waals surface area contributed by atoms with Crippen LogP contribution in [0.4, 0.5) is 0 Å². The molecule has 0 amide bonds. The van der Waals surface area contributed by atoms with E-state index < -0.39 is 5.97 Å². The van der Waals surface area contributed by atoms with E-state index in [4.69, 9.17) is 12.2 Å². The van der Waals surface area contributed by atoms with Crippen molar-refractivity contribution in [3.05, 3.63) is 10.6 Å². The molecule has 0 unspecified atom stereocenters. The van der Waals surface area contributed by atoms with Crippen LogP contribution in [0.3, 0.4) is 0 Å². The lowest BCUT2D eigenvalue weighted by molar-refractivity contribution is 0.0580. The standard InChI is InChI=1S/C6H9N3O2S/c1-3-9-4(5(10)11-2)7-8-6(9)12/h3H2,1-2H3,(H,8,12). The Kier molecular flexibility index (Phi) is 2.59. The largest absolute Gasteiger partial charge is 0.463 e. The highest BCUT2D eigenvalue weighted by Gasteiger charge is 2.13. The van der Waals surface area contributed by atoms with E-state index in [1.54, 1.807) is 4.57 Å². The van der Waals surface area contributed by atoms with Crippen LogP contribution in [0.5, 0.6) is 0 Å². The van der Waals surface area contributed by atoms with Crippen LogP contribution in [-0.2, 0) is 11.3 Å². The van der Waals surface area contributed by atoms with Crippen molar-refractivity contribution in [1.82, 2.24) is 14.8 Å². The van der Waals surface area contributed by atoms with Crippen molar-refractivity contribution in [1.29, 1.82) is 0 Å². The van der Waals surface area contributed by atoms with Crippen LogP contribution in [0, 0.1) is 4.77 Å². The zero-order chi connectivity index (χ0) is 9.14. The van der Waals surface area contributed by atoms with E-state index >= 15 is 0 Å². The molecule has 1 rings (SSSR count). The Morgan fingerprint density at radius 3 is 3.00 bits per heavy atom. The summed E-state index contributed by atoms with van der Waals surface area (Å²) in [4.78, 5) is 11.0. The van der Waals surface area contributed by atoms with Gasteiger partial charge in [-0.1, -0.05) is 0 Å². The molecule has 1 aromatic heterocycles. The molecular formula is C6H9N3O2S. The van der Waals surface area contributed by atoms with Crippen LogP contribution >= 0.6 is 12.2 Å². The van der Waals surface area contributed by atoms with Gasteiger partial charge in [0.05, 0.1) is 7.11 Å². The van der Waals surface area contributed by atoms with Gasteiger partial charge in [0.1, 0.15) is 0 Å². The molecule has 0 saturated carbocycles. The second-order valence-electron chi connectivity index (χ2n) is 2.09. The SMILES string of the molecule is CCn1c(C(=O)OC)n[nH]c1=S. The van der Waals surface area contributed by atoms with Crippen LogP contribution in [0.2, 0.25) is 0 Å². The molecule has 12 heavy (non-hydrogen) atoms. The molecule has 66 valence electrons. The van der Waals surface area contributed by atoms with Crippen LogP contribution in [-0.4, -0.2) is 27.8 Å². The summed E-state index contributed by atoms with van der Waals surface area (Å²) < 4.78 is 6.50. The average Bonchev–Trinajstić information content (AvgIpc) is 2.45. The molecule has 0 radical (unpaired) electrons. The topological polar surface area (TPSA) is 59.9 Å². The van der Waals surface area contributed by atoms with Crippen molar-refractivity contribution < 1.29 is 9.53 Å². The van der Waals surface area contributed by atoms with Gasteiger partial charge in [-0.15, -0.1) is 5.10 Å². The Morgan fingerprint density at radius 2 is 2.50 bits per heavy atom. The molecule has 0 bridgehead atoms. The Bertz CT molecular complexity index is 341. The molecule has 0 spiro atoms. The first-order valence-corrected chi connectivity index (χ1v) is 3.85. The molecule has 0 aliphatic carbocycles. The van der Waals surface area contributed by atoms with Crippen LogP contribution in [0.15, 0.2) is 0 Å². The fourth-order valence-electron chi connectivity index (χ4n) is 0.858. The average molecular weight is 187 g/mol. The summed E-state index contributed by atoms with van der Waals surface area (Å²) in [5.41, 5.74) is 0. The summed E-state index contributed by atoms with van der Waals surface area (Å²) in [6.07, 6.45) is 0. The molecule has 0 fully saturated rings. The number of ether oxygens (including phenoxy) is 1. The fraction of sp³-hybridized carbons (Fsp3) is 0.500. The molecular weight excluding hydrogens is 178 g/mol. The number of hydrogen-bond acceptors (Lipinski definition) is 4. The van der Waals surface area contributed by atoms with Crippen molar-refractivity contribution in [2.45, 2.75) is 13.5 Å². The van der Waals surface area contributed by atoms with Crippen molar-refractivity contribution in [2.75, 3.05) is 7.11 Å². The minimum Gasteiger partial charge on any atom is -0.463 e. The monoisotopic (exact) mass is 187 g/mol. The van der Waals surface area contributed by atoms with Gasteiger partial charge >= 0.3 is 5.97 Å². The van der Waals surface area contributed by atoms with Gasteiger partial charge in [-0.25, -0.2) is 4.79 Å². The highest BCUT2D eigenvalue weighted by atomic mass is 32.1. The molecule has 0 aromatic carbocycles. The molecule has 1 heterocycles. The Hall–Kier alpha value is -1.17. The van der Waals surface area contributed by atoms with Crippen LogP contribution in [0.25, 0.3) is 0 Å². The van der Waals surface area contributed by atoms with Crippen molar-refractivity contribution >= 4 is 18.2 Å². The number of rotatable bonds is 2. The molecule has 0 atom stereocenters. The number of carbonyl (C=O) groups excluding carboxylic acids is 1. The van der Waals surface area contributed by atoms with Gasteiger partial charge < -0.3 is 4.74 Å². The maximum atomic E-state index is 11.0. The van der Waals surface area contributed by atoms with E-state index in [9.17, 15) is 4.79 Å². The van der Waals surface area contributed by atoms with E-state index in [0.717, 1.165) is 0 Å². The van der Waals surface area contributed by atoms with Crippen LogP contribution in [0.1, 0.15) is 17.5 Å². The molecule has 1 aromatic rings. The van der Waals surface area contributed by atoms with E-state index in [-0.39, 0.29) is 5.82 Å². The molecule has 5 nitrogen and oxygen atoms in total. The Labute approximate surface area is 74.4 Å². The second kappa shape index (κ2) is 3.48. The van der Waals surface area contributed by atoms with E-state index in [1.807, 2.05) is 6.92 Å². The summed E-state index contributed by atoms with van der Waals surface area (Å²) in [6, 6.07) is 0. The predicted molar refractivity (Wildman–Crippen MR) is 44.4 cm³/mol. The number of H-pyrrole nitrogens is 1. The van der Waals surface area contributed by atoms with Gasteiger partial charge in [-0.05, 0) is 19.1 Å². The number of methoxy groups -OCH3 is 1. The number of hydrogen-bond donors (Lipinski definition) is 1. The third-order valence-electron chi connectivity index (χ3n) is 1.44. The number of carbonyl (C=O) groups is 1. The van der Waals surface area contributed by atoms with Gasteiger partial charge in [0.25, 0.3) is 0 Å². The van der Waals surface area contributed by atoms with Crippen molar-refractivity contribution in [3.63, 3.8) is 0 Å². The molecule has 0 aliphatic heterocycles. The quantitative estimate of drug-likeness (QED) is 0.548. The van der Waals surface area contributed by atoms with E-state index in [0.29, 0.717) is 11.3 Å². The Balaban J connectivity index is 3.16. The van der Waals surface area contributed by atoms with Crippen LogP contribution < -0.4 is 0 Å². The van der Waals surface area contributed by atoms with Gasteiger partial charge in [0.15, 0.2) is 4.77 Å². The summed E-state index contributed by atoms with van der Waals surface area (Å²) in [5, 5.41) is 6.25. The lowest BCUT2D eigenvalue weighted by Gasteiger charge is -1.99. The third kappa shape index (κ3) is 1.38. The van der Waals surface area contributed by atoms with Crippen molar-refractivity contribution in [2.24, 2.45) is 0 Å². The molecule has 0 saturated heterocycles. The van der Waals surface area contributed by atoms with Gasteiger partial charge in [-0.2, -0.15) is 0 Å². The Morgan fingerprint density at radius 1 is 1.83 bits per heavy atom. The maximum Gasteiger partial charge on any atom is 0.376 e. The zero-order valence-corrected chi connectivity index (χ0v) is 7.64. The lowest BCUT2D eigenvalue weighted by Crippen LogP contribution is -2.11. The number of nitrogens with one attached hydrogen (secondary N) is 1. The second-order valence-corrected chi connectivity index (χ2v) is 2.47. The van der Waals surface area contributed by atoms with E-state index in [2.05, 4.69) is 14.9 Å². The molecule has 6 heteroatoms. The normalized spacial score (nSPS) is 9.83. The molecule has 1 N–H and O–H groups in total. The first kappa shape index (κ1) is 8.92. The predicted octanol–water partition coefficient (Wildman–Crippen LogP) is 0.747. The first-order chi connectivity index (χ1) is 5.70. The number of aromatic amines is 1. The van der Waals surface area contributed by atoms with Gasteiger partial charge in [-0.3, -0.25) is 9.67 Å². The smallest absolute Gasteiger partial charge is 0.376 e. The van der Waals surface area contributed by atoms with Gasteiger partial charge in [0.2, 0.25) is 5.82 Å². The minimum atomic E-state index is -0.482. The maximum absolute atomic E-state index is 11.0. The highest BCUT2D eigenvalue weighted by molar-refractivity contribution is 7.71.